The maximum Gasteiger partial charge on any atom is 0.412 e. The number of carbonyl (C=O) groups excluding carboxylic acids is 1. The first-order valence-electron chi connectivity index (χ1n) is 7.64. The van der Waals surface area contributed by atoms with E-state index in [2.05, 4.69) is 5.32 Å². The molecule has 1 aliphatic rings. The number of carboxylic acids is 1. The Morgan fingerprint density at radius 2 is 1.96 bits per heavy atom. The van der Waals surface area contributed by atoms with Crippen LogP contribution in [0.15, 0.2) is 18.2 Å². The van der Waals surface area contributed by atoms with Crippen LogP contribution in [0.4, 0.5) is 10.5 Å². The van der Waals surface area contributed by atoms with Crippen molar-refractivity contribution in [1.29, 1.82) is 0 Å². The number of nitrogens with one attached hydrogen (secondary N) is 1. The average molecular weight is 320 g/mol. The number of hydrogen-bond donors (Lipinski definition) is 3. The Hall–Kier alpha value is -2.08. The molecule has 0 bridgehead atoms. The lowest BCUT2D eigenvalue weighted by molar-refractivity contribution is -0.148. The molecule has 0 spiro atoms. The molecule has 23 heavy (non-hydrogen) atoms. The Labute approximate surface area is 136 Å². The Bertz CT molecular complexity index is 628. The lowest BCUT2D eigenvalue weighted by atomic mass is 9.61. The van der Waals surface area contributed by atoms with Crippen LogP contribution in [-0.4, -0.2) is 28.8 Å². The highest BCUT2D eigenvalue weighted by Gasteiger charge is 2.50. The monoisotopic (exact) mass is 320 g/mol. The van der Waals surface area contributed by atoms with E-state index in [1.54, 1.807) is 39.0 Å². The van der Waals surface area contributed by atoms with Crippen molar-refractivity contribution in [3.05, 3.63) is 29.3 Å². The standard InChI is InChI=1S/C17H24N2O4/c1-10-7-11(17(14(20)21)8-12(18)9-17)5-6-13(10)19-15(22)23-16(2,3)4/h5-7,12H,8-9,18H2,1-4H3,(H,19,22)(H,20,21). The number of carboxylic acid groups (broad SMARTS) is 1. The molecule has 1 fully saturated rings. The van der Waals surface area contributed by atoms with Crippen molar-refractivity contribution < 1.29 is 19.4 Å². The van der Waals surface area contributed by atoms with Gasteiger partial charge in [0.25, 0.3) is 0 Å². The molecule has 0 saturated heterocycles. The summed E-state index contributed by atoms with van der Waals surface area (Å²) in [4.78, 5) is 23.5. The smallest absolute Gasteiger partial charge is 0.412 e. The molecule has 1 aromatic carbocycles. The zero-order valence-corrected chi connectivity index (χ0v) is 14.0. The molecule has 2 rings (SSSR count). The summed E-state index contributed by atoms with van der Waals surface area (Å²) in [5.41, 5.74) is 6.41. The van der Waals surface area contributed by atoms with Crippen molar-refractivity contribution in [2.45, 2.75) is 57.6 Å². The van der Waals surface area contributed by atoms with Gasteiger partial charge in [0.15, 0.2) is 0 Å². The minimum absolute atomic E-state index is 0.0778. The summed E-state index contributed by atoms with van der Waals surface area (Å²) < 4.78 is 5.22. The SMILES string of the molecule is Cc1cc(C2(C(=O)O)CC(N)C2)ccc1NC(=O)OC(C)(C)C. The van der Waals surface area contributed by atoms with Gasteiger partial charge in [0.1, 0.15) is 5.60 Å². The Balaban J connectivity index is 2.18. The number of anilines is 1. The van der Waals surface area contributed by atoms with Crippen molar-refractivity contribution >= 4 is 17.7 Å². The zero-order chi connectivity index (χ0) is 17.4. The molecular formula is C17H24N2O4. The molecule has 0 radical (unpaired) electrons. The molecule has 6 heteroatoms. The number of benzene rings is 1. The molecule has 126 valence electrons. The van der Waals surface area contributed by atoms with Crippen molar-refractivity contribution in [1.82, 2.24) is 0 Å². The number of ether oxygens (including phenoxy) is 1. The van der Waals surface area contributed by atoms with E-state index in [0.29, 0.717) is 18.5 Å². The van der Waals surface area contributed by atoms with Gasteiger partial charge in [-0.1, -0.05) is 12.1 Å². The van der Waals surface area contributed by atoms with E-state index in [1.165, 1.54) is 0 Å². The number of carbonyl (C=O) groups is 2. The Morgan fingerprint density at radius 3 is 2.39 bits per heavy atom. The van der Waals surface area contributed by atoms with Gasteiger partial charge in [-0.15, -0.1) is 0 Å². The highest BCUT2D eigenvalue weighted by Crippen LogP contribution is 2.44. The first-order valence-corrected chi connectivity index (χ1v) is 7.64. The molecule has 6 nitrogen and oxygen atoms in total. The van der Waals surface area contributed by atoms with Gasteiger partial charge in [-0.2, -0.15) is 0 Å². The van der Waals surface area contributed by atoms with Gasteiger partial charge < -0.3 is 15.6 Å². The van der Waals surface area contributed by atoms with E-state index >= 15 is 0 Å². The summed E-state index contributed by atoms with van der Waals surface area (Å²) in [6.07, 6.45) is 0.327. The van der Waals surface area contributed by atoms with Gasteiger partial charge >= 0.3 is 12.1 Å². The van der Waals surface area contributed by atoms with Crippen LogP contribution < -0.4 is 11.1 Å². The third-order valence-electron chi connectivity index (χ3n) is 4.05. The van der Waals surface area contributed by atoms with Crippen LogP contribution in [0.3, 0.4) is 0 Å². The summed E-state index contributed by atoms with van der Waals surface area (Å²) in [5.74, 6) is -0.855. The van der Waals surface area contributed by atoms with Gasteiger partial charge in [0.2, 0.25) is 0 Å². The molecule has 1 amide bonds. The molecule has 0 aliphatic heterocycles. The van der Waals surface area contributed by atoms with Gasteiger partial charge in [0.05, 0.1) is 5.41 Å². The van der Waals surface area contributed by atoms with E-state index in [9.17, 15) is 14.7 Å². The van der Waals surface area contributed by atoms with E-state index in [0.717, 1.165) is 11.1 Å². The third kappa shape index (κ3) is 3.64. The fraction of sp³-hybridized carbons (Fsp3) is 0.529. The van der Waals surface area contributed by atoms with Crippen LogP contribution in [0.2, 0.25) is 0 Å². The van der Waals surface area contributed by atoms with Gasteiger partial charge in [-0.25, -0.2) is 4.79 Å². The fourth-order valence-corrected chi connectivity index (χ4v) is 2.88. The summed E-state index contributed by atoms with van der Waals surface area (Å²) in [5, 5.41) is 12.2. The van der Waals surface area contributed by atoms with E-state index in [4.69, 9.17) is 10.5 Å². The average Bonchev–Trinajstić information content (AvgIpc) is 2.34. The minimum Gasteiger partial charge on any atom is -0.481 e. The first kappa shape index (κ1) is 17.3. The number of hydrogen-bond acceptors (Lipinski definition) is 4. The number of aryl methyl sites for hydroxylation is 1. The van der Waals surface area contributed by atoms with Crippen LogP contribution >= 0.6 is 0 Å². The van der Waals surface area contributed by atoms with Crippen LogP contribution in [0.25, 0.3) is 0 Å². The lowest BCUT2D eigenvalue weighted by Gasteiger charge is -2.43. The predicted molar refractivity (Wildman–Crippen MR) is 87.6 cm³/mol. The molecule has 0 heterocycles. The number of aliphatic carboxylic acids is 1. The van der Waals surface area contributed by atoms with Crippen molar-refractivity contribution in [3.63, 3.8) is 0 Å². The van der Waals surface area contributed by atoms with Crippen LogP contribution in [-0.2, 0) is 14.9 Å². The quantitative estimate of drug-likeness (QED) is 0.795. The first-order chi connectivity index (χ1) is 10.5. The molecule has 4 N–H and O–H groups in total. The number of amides is 1. The minimum atomic E-state index is -0.908. The lowest BCUT2D eigenvalue weighted by Crippen LogP contribution is -2.54. The summed E-state index contributed by atoms with van der Waals surface area (Å²) in [6.45, 7) is 7.20. The van der Waals surface area contributed by atoms with Crippen molar-refractivity contribution in [2.75, 3.05) is 5.32 Å². The molecular weight excluding hydrogens is 296 g/mol. The van der Waals surface area contributed by atoms with E-state index < -0.39 is 23.1 Å². The fourth-order valence-electron chi connectivity index (χ4n) is 2.88. The van der Waals surface area contributed by atoms with Crippen molar-refractivity contribution in [2.24, 2.45) is 5.73 Å². The van der Waals surface area contributed by atoms with Crippen LogP contribution in [0.1, 0.15) is 44.7 Å². The highest BCUT2D eigenvalue weighted by molar-refractivity contribution is 5.87. The van der Waals surface area contributed by atoms with Crippen LogP contribution in [0.5, 0.6) is 0 Å². The molecule has 0 atom stereocenters. The van der Waals surface area contributed by atoms with Gasteiger partial charge in [0, 0.05) is 11.7 Å². The summed E-state index contributed by atoms with van der Waals surface area (Å²) >= 11 is 0. The maximum atomic E-state index is 11.8. The second-order valence-corrected chi connectivity index (χ2v) is 7.21. The Kier molecular flexibility index (Phi) is 4.39. The van der Waals surface area contributed by atoms with Crippen molar-refractivity contribution in [3.8, 4) is 0 Å². The van der Waals surface area contributed by atoms with Gasteiger partial charge in [-0.3, -0.25) is 10.1 Å². The van der Waals surface area contributed by atoms with E-state index in [-0.39, 0.29) is 6.04 Å². The molecule has 1 saturated carbocycles. The number of rotatable bonds is 3. The van der Waals surface area contributed by atoms with Gasteiger partial charge in [-0.05, 0) is 57.7 Å². The Morgan fingerprint density at radius 1 is 1.35 bits per heavy atom. The third-order valence-corrected chi connectivity index (χ3v) is 4.05. The zero-order valence-electron chi connectivity index (χ0n) is 14.0. The summed E-state index contributed by atoms with van der Waals surface area (Å²) in [6, 6.07) is 5.17. The topological polar surface area (TPSA) is 102 Å². The summed E-state index contributed by atoms with van der Waals surface area (Å²) in [7, 11) is 0. The second-order valence-electron chi connectivity index (χ2n) is 7.21. The molecule has 0 aromatic heterocycles. The van der Waals surface area contributed by atoms with E-state index in [1.807, 2.05) is 6.92 Å². The maximum absolute atomic E-state index is 11.8. The normalized spacial score (nSPS) is 23.8. The largest absolute Gasteiger partial charge is 0.481 e. The number of nitrogens with two attached hydrogens (primary N) is 1. The second kappa shape index (κ2) is 5.85. The molecule has 1 aliphatic carbocycles. The predicted octanol–water partition coefficient (Wildman–Crippen LogP) is 2.79. The van der Waals surface area contributed by atoms with Crippen LogP contribution in [0, 0.1) is 6.92 Å². The molecule has 0 unspecified atom stereocenters. The molecule has 1 aromatic rings. The highest BCUT2D eigenvalue weighted by atomic mass is 16.6.